The summed E-state index contributed by atoms with van der Waals surface area (Å²) >= 11 is 0. The molecule has 0 bridgehead atoms. The maximum Gasteiger partial charge on any atom is 0.259 e. The van der Waals surface area contributed by atoms with Gasteiger partial charge in [-0.1, -0.05) is 19.0 Å². The van der Waals surface area contributed by atoms with Crippen LogP contribution in [0.3, 0.4) is 0 Å². The second-order valence-corrected chi connectivity index (χ2v) is 6.01. The molecule has 6 nitrogen and oxygen atoms in total. The highest BCUT2D eigenvalue weighted by Gasteiger charge is 2.28. The number of carbonyl (C=O) groups excluding carboxylic acids is 1. The van der Waals surface area contributed by atoms with E-state index in [1.165, 1.54) is 0 Å². The molecule has 0 aromatic carbocycles. The minimum atomic E-state index is -0.0106. The highest BCUT2D eigenvalue weighted by atomic mass is 35.5. The molecule has 1 saturated heterocycles. The van der Waals surface area contributed by atoms with Gasteiger partial charge >= 0.3 is 0 Å². The van der Waals surface area contributed by atoms with Crippen molar-refractivity contribution < 1.29 is 9.32 Å². The number of nitrogens with two attached hydrogens (primary N) is 1. The van der Waals surface area contributed by atoms with Gasteiger partial charge in [-0.05, 0) is 25.3 Å². The lowest BCUT2D eigenvalue weighted by Gasteiger charge is -2.16. The van der Waals surface area contributed by atoms with Crippen molar-refractivity contribution in [3.05, 3.63) is 23.0 Å². The summed E-state index contributed by atoms with van der Waals surface area (Å²) in [4.78, 5) is 18.9. The molecule has 7 heteroatoms. The summed E-state index contributed by atoms with van der Waals surface area (Å²) < 4.78 is 5.31. The molecule has 1 fully saturated rings. The molecular weight excluding hydrogens is 304 g/mol. The van der Waals surface area contributed by atoms with Crippen LogP contribution in [0.4, 0.5) is 0 Å². The fraction of sp³-hybridized carbons (Fsp3) is 0.533. The van der Waals surface area contributed by atoms with Crippen molar-refractivity contribution >= 4 is 29.4 Å². The molecule has 120 valence electrons. The Labute approximate surface area is 135 Å². The van der Waals surface area contributed by atoms with E-state index in [1.807, 2.05) is 26.8 Å². The number of carbonyl (C=O) groups is 1. The van der Waals surface area contributed by atoms with Crippen molar-refractivity contribution in [1.82, 2.24) is 15.0 Å². The molecule has 2 aromatic heterocycles. The van der Waals surface area contributed by atoms with Crippen LogP contribution in [0.25, 0.3) is 11.1 Å². The molecule has 1 amide bonds. The molecule has 3 heterocycles. The molecule has 1 atom stereocenters. The van der Waals surface area contributed by atoms with Gasteiger partial charge in [0.15, 0.2) is 0 Å². The SMILES string of the molecule is Cc1cc(C(=O)N2CC[C@@H](N)C2)c2c(C(C)C)noc2n1.Cl. The first kappa shape index (κ1) is 16.7. The number of fused-ring (bicyclic) bond motifs is 1. The number of rotatable bonds is 2. The molecule has 22 heavy (non-hydrogen) atoms. The van der Waals surface area contributed by atoms with Crippen LogP contribution in [-0.2, 0) is 0 Å². The van der Waals surface area contributed by atoms with E-state index in [0.29, 0.717) is 24.4 Å². The summed E-state index contributed by atoms with van der Waals surface area (Å²) in [5.74, 6) is 0.159. The Morgan fingerprint density at radius 3 is 2.82 bits per heavy atom. The smallest absolute Gasteiger partial charge is 0.259 e. The predicted molar refractivity (Wildman–Crippen MR) is 86.4 cm³/mol. The van der Waals surface area contributed by atoms with Gasteiger partial charge in [0, 0.05) is 24.8 Å². The van der Waals surface area contributed by atoms with E-state index < -0.39 is 0 Å². The van der Waals surface area contributed by atoms with Crippen molar-refractivity contribution in [2.75, 3.05) is 13.1 Å². The summed E-state index contributed by atoms with van der Waals surface area (Å²) in [7, 11) is 0. The summed E-state index contributed by atoms with van der Waals surface area (Å²) in [6.07, 6.45) is 0.847. The van der Waals surface area contributed by atoms with E-state index in [-0.39, 0.29) is 30.3 Å². The number of likely N-dealkylation sites (tertiary alicyclic amines) is 1. The standard InChI is InChI=1S/C15H20N4O2.ClH/c1-8(2)13-12-11(6-9(3)17-14(12)21-18-13)15(20)19-5-4-10(16)7-19;/h6,8,10H,4-5,7,16H2,1-3H3;1H/t10-;/m1./s1. The van der Waals surface area contributed by atoms with Crippen molar-refractivity contribution in [2.45, 2.75) is 39.2 Å². The van der Waals surface area contributed by atoms with Crippen LogP contribution < -0.4 is 5.73 Å². The minimum Gasteiger partial charge on any atom is -0.337 e. The number of amides is 1. The molecule has 0 radical (unpaired) electrons. The first-order chi connectivity index (χ1) is 9.97. The van der Waals surface area contributed by atoms with E-state index >= 15 is 0 Å². The Balaban J connectivity index is 0.00000176. The van der Waals surface area contributed by atoms with E-state index in [9.17, 15) is 4.79 Å². The lowest BCUT2D eigenvalue weighted by molar-refractivity contribution is 0.0792. The second-order valence-electron chi connectivity index (χ2n) is 6.01. The third-order valence-corrected chi connectivity index (χ3v) is 3.89. The zero-order chi connectivity index (χ0) is 15.1. The maximum absolute atomic E-state index is 12.8. The largest absolute Gasteiger partial charge is 0.337 e. The molecule has 0 aliphatic carbocycles. The van der Waals surface area contributed by atoms with Crippen LogP contribution in [0, 0.1) is 6.92 Å². The van der Waals surface area contributed by atoms with Gasteiger partial charge in [-0.25, -0.2) is 4.98 Å². The lowest BCUT2D eigenvalue weighted by atomic mass is 10.0. The molecule has 1 aliphatic rings. The summed E-state index contributed by atoms with van der Waals surface area (Å²) in [5, 5.41) is 4.82. The van der Waals surface area contributed by atoms with Gasteiger partial charge in [-0.3, -0.25) is 4.79 Å². The summed E-state index contributed by atoms with van der Waals surface area (Å²) in [5.41, 5.74) is 8.49. The fourth-order valence-corrected chi connectivity index (χ4v) is 2.80. The Bertz CT molecular complexity index is 698. The fourth-order valence-electron chi connectivity index (χ4n) is 2.80. The molecular formula is C15H21ClN4O2. The Kier molecular flexibility index (Phi) is 4.72. The Morgan fingerprint density at radius 1 is 1.50 bits per heavy atom. The molecule has 3 rings (SSSR count). The molecule has 2 aromatic rings. The van der Waals surface area contributed by atoms with E-state index in [4.69, 9.17) is 10.3 Å². The topological polar surface area (TPSA) is 85.2 Å². The van der Waals surface area contributed by atoms with E-state index in [2.05, 4.69) is 10.1 Å². The number of hydrogen-bond donors (Lipinski definition) is 1. The third kappa shape index (κ3) is 2.80. The monoisotopic (exact) mass is 324 g/mol. The second kappa shape index (κ2) is 6.22. The van der Waals surface area contributed by atoms with Crippen molar-refractivity contribution in [3.8, 4) is 0 Å². The number of hydrogen-bond acceptors (Lipinski definition) is 5. The zero-order valence-electron chi connectivity index (χ0n) is 13.0. The van der Waals surface area contributed by atoms with Crippen LogP contribution >= 0.6 is 12.4 Å². The van der Waals surface area contributed by atoms with Gasteiger partial charge in [0.2, 0.25) is 0 Å². The third-order valence-electron chi connectivity index (χ3n) is 3.89. The summed E-state index contributed by atoms with van der Waals surface area (Å²) in [6, 6.07) is 1.89. The van der Waals surface area contributed by atoms with Crippen molar-refractivity contribution in [2.24, 2.45) is 5.73 Å². The van der Waals surface area contributed by atoms with Crippen molar-refractivity contribution in [1.29, 1.82) is 0 Å². The van der Waals surface area contributed by atoms with Gasteiger partial charge in [-0.15, -0.1) is 12.4 Å². The Morgan fingerprint density at radius 2 is 2.23 bits per heavy atom. The zero-order valence-corrected chi connectivity index (χ0v) is 13.8. The number of halogens is 1. The highest BCUT2D eigenvalue weighted by molar-refractivity contribution is 6.06. The van der Waals surface area contributed by atoms with Crippen LogP contribution in [0.15, 0.2) is 10.6 Å². The number of aromatic nitrogens is 2. The van der Waals surface area contributed by atoms with E-state index in [0.717, 1.165) is 23.2 Å². The van der Waals surface area contributed by atoms with Crippen LogP contribution in [0.5, 0.6) is 0 Å². The van der Waals surface area contributed by atoms with Crippen molar-refractivity contribution in [3.63, 3.8) is 0 Å². The van der Waals surface area contributed by atoms with Crippen LogP contribution in [-0.4, -0.2) is 40.1 Å². The first-order valence-corrected chi connectivity index (χ1v) is 7.29. The predicted octanol–water partition coefficient (Wildman–Crippen LogP) is 2.25. The maximum atomic E-state index is 12.8. The summed E-state index contributed by atoms with van der Waals surface area (Å²) in [6.45, 7) is 7.20. The quantitative estimate of drug-likeness (QED) is 0.915. The molecule has 0 saturated carbocycles. The molecule has 0 unspecified atom stereocenters. The minimum absolute atomic E-state index is 0. The van der Waals surface area contributed by atoms with Gasteiger partial charge in [0.25, 0.3) is 11.6 Å². The first-order valence-electron chi connectivity index (χ1n) is 7.29. The molecule has 1 aliphatic heterocycles. The van der Waals surface area contributed by atoms with E-state index in [1.54, 1.807) is 4.90 Å². The average Bonchev–Trinajstić information content (AvgIpc) is 3.03. The van der Waals surface area contributed by atoms with Gasteiger partial charge in [0.1, 0.15) is 0 Å². The van der Waals surface area contributed by atoms with Gasteiger partial charge in [-0.2, -0.15) is 0 Å². The van der Waals surface area contributed by atoms with Crippen LogP contribution in [0.1, 0.15) is 47.9 Å². The Hall–Kier alpha value is -1.66. The molecule has 2 N–H and O–H groups in total. The molecule has 0 spiro atoms. The lowest BCUT2D eigenvalue weighted by Crippen LogP contribution is -2.32. The van der Waals surface area contributed by atoms with Gasteiger partial charge in [0.05, 0.1) is 16.6 Å². The highest BCUT2D eigenvalue weighted by Crippen LogP contribution is 2.29. The van der Waals surface area contributed by atoms with Crippen LogP contribution in [0.2, 0.25) is 0 Å². The normalized spacial score (nSPS) is 18.0. The van der Waals surface area contributed by atoms with Gasteiger partial charge < -0.3 is 15.2 Å². The number of aryl methyl sites for hydroxylation is 1. The number of nitrogens with zero attached hydrogens (tertiary/aromatic N) is 3. The number of pyridine rings is 1. The average molecular weight is 325 g/mol.